The third-order valence-corrected chi connectivity index (χ3v) is 3.88. The molecule has 0 aromatic heterocycles. The van der Waals surface area contributed by atoms with Crippen LogP contribution in [0.25, 0.3) is 0 Å². The van der Waals surface area contributed by atoms with E-state index in [2.05, 4.69) is 10.6 Å². The van der Waals surface area contributed by atoms with Crippen molar-refractivity contribution in [3.8, 4) is 5.75 Å². The summed E-state index contributed by atoms with van der Waals surface area (Å²) >= 11 is 5.82. The lowest BCUT2D eigenvalue weighted by atomic mass is 9.87. The second-order valence-corrected chi connectivity index (χ2v) is 6.20. The van der Waals surface area contributed by atoms with Crippen LogP contribution in [0.3, 0.4) is 0 Å². The van der Waals surface area contributed by atoms with Crippen LogP contribution >= 0.6 is 11.6 Å². The lowest BCUT2D eigenvalue weighted by Crippen LogP contribution is -2.62. The summed E-state index contributed by atoms with van der Waals surface area (Å²) in [4.78, 5) is 23.4. The number of hydrogen-bond acceptors (Lipinski definition) is 3. The van der Waals surface area contributed by atoms with Crippen LogP contribution in [-0.4, -0.2) is 30.0 Å². The van der Waals surface area contributed by atoms with Crippen molar-refractivity contribution in [1.82, 2.24) is 10.6 Å². The van der Waals surface area contributed by atoms with Gasteiger partial charge in [0.2, 0.25) is 5.91 Å². The fourth-order valence-corrected chi connectivity index (χ4v) is 2.59. The summed E-state index contributed by atoms with van der Waals surface area (Å²) in [6, 6.07) is 3.52. The quantitative estimate of drug-likeness (QED) is 0.888. The molecule has 1 heterocycles. The number of hydrogen-bond donors (Lipinski definition) is 2. The summed E-state index contributed by atoms with van der Waals surface area (Å²) in [6.45, 7) is 3.48. The number of amides is 2. The van der Waals surface area contributed by atoms with E-state index >= 15 is 0 Å². The van der Waals surface area contributed by atoms with Gasteiger partial charge in [0.25, 0.3) is 5.91 Å². The first-order valence-electron chi connectivity index (χ1n) is 6.96. The van der Waals surface area contributed by atoms with E-state index in [9.17, 15) is 14.0 Å². The van der Waals surface area contributed by atoms with Gasteiger partial charge in [0.15, 0.2) is 6.61 Å². The number of rotatable bonds is 4. The molecule has 2 amide bonds. The average Bonchev–Trinajstić information content (AvgIpc) is 2.40. The SMILES string of the molecule is CC1(C)NC(=O)CCC1NC(=O)COc1ccc(F)cc1Cl. The first kappa shape index (κ1) is 16.5. The zero-order chi connectivity index (χ0) is 16.3. The van der Waals surface area contributed by atoms with Crippen molar-refractivity contribution in [1.29, 1.82) is 0 Å². The zero-order valence-corrected chi connectivity index (χ0v) is 13.2. The molecule has 0 spiro atoms. The Morgan fingerprint density at radius 1 is 1.55 bits per heavy atom. The molecular weight excluding hydrogens is 311 g/mol. The predicted molar refractivity (Wildman–Crippen MR) is 80.3 cm³/mol. The van der Waals surface area contributed by atoms with Gasteiger partial charge in [-0.1, -0.05) is 11.6 Å². The van der Waals surface area contributed by atoms with Gasteiger partial charge >= 0.3 is 0 Å². The molecule has 7 heteroatoms. The molecule has 1 atom stereocenters. The van der Waals surface area contributed by atoms with E-state index in [0.29, 0.717) is 12.8 Å². The van der Waals surface area contributed by atoms with Gasteiger partial charge in [-0.25, -0.2) is 4.39 Å². The van der Waals surface area contributed by atoms with Crippen molar-refractivity contribution < 1.29 is 18.7 Å². The maximum absolute atomic E-state index is 12.9. The fourth-order valence-electron chi connectivity index (χ4n) is 2.37. The van der Waals surface area contributed by atoms with Crippen molar-refractivity contribution in [2.75, 3.05) is 6.61 Å². The molecule has 1 aliphatic rings. The van der Waals surface area contributed by atoms with Gasteiger partial charge < -0.3 is 15.4 Å². The van der Waals surface area contributed by atoms with Crippen LogP contribution in [0.2, 0.25) is 5.02 Å². The Bertz CT molecular complexity index is 592. The Hall–Kier alpha value is -1.82. The van der Waals surface area contributed by atoms with Gasteiger partial charge in [0.1, 0.15) is 11.6 Å². The topological polar surface area (TPSA) is 67.4 Å². The first-order chi connectivity index (χ1) is 10.3. The summed E-state index contributed by atoms with van der Waals surface area (Å²) in [5.74, 6) is -0.574. The number of piperidine rings is 1. The van der Waals surface area contributed by atoms with E-state index in [1.54, 1.807) is 0 Å². The Morgan fingerprint density at radius 3 is 2.91 bits per heavy atom. The number of benzene rings is 1. The van der Waals surface area contributed by atoms with Crippen LogP contribution in [0.1, 0.15) is 26.7 Å². The van der Waals surface area contributed by atoms with Crippen molar-refractivity contribution in [2.24, 2.45) is 0 Å². The molecule has 0 aliphatic carbocycles. The summed E-state index contributed by atoms with van der Waals surface area (Å²) in [6.07, 6.45) is 0.945. The maximum Gasteiger partial charge on any atom is 0.258 e. The molecule has 2 rings (SSSR count). The Balaban J connectivity index is 1.89. The first-order valence-corrected chi connectivity index (χ1v) is 7.34. The Labute approximate surface area is 133 Å². The standard InChI is InChI=1S/C15H18ClFN2O3/c1-15(2)12(5-6-13(20)19-15)18-14(21)8-22-11-4-3-9(17)7-10(11)16/h3-4,7,12H,5-6,8H2,1-2H3,(H,18,21)(H,19,20). The molecule has 1 unspecified atom stereocenters. The maximum atomic E-state index is 12.9. The highest BCUT2D eigenvalue weighted by Crippen LogP contribution is 2.25. The van der Waals surface area contributed by atoms with E-state index in [-0.39, 0.29) is 35.2 Å². The predicted octanol–water partition coefficient (Wildman–Crippen LogP) is 2.03. The monoisotopic (exact) mass is 328 g/mol. The summed E-state index contributed by atoms with van der Waals surface area (Å²) in [5.41, 5.74) is -0.515. The molecule has 0 bridgehead atoms. The minimum Gasteiger partial charge on any atom is -0.482 e. The molecule has 5 nitrogen and oxygen atoms in total. The van der Waals surface area contributed by atoms with Crippen LogP contribution in [0, 0.1) is 5.82 Å². The number of halogens is 2. The number of carbonyl (C=O) groups excluding carboxylic acids is 2. The highest BCUT2D eigenvalue weighted by Gasteiger charge is 2.36. The fraction of sp³-hybridized carbons (Fsp3) is 0.467. The lowest BCUT2D eigenvalue weighted by molar-refractivity contribution is -0.129. The number of ether oxygens (including phenoxy) is 1. The molecule has 120 valence electrons. The molecule has 1 aromatic rings. The van der Waals surface area contributed by atoms with Crippen LogP contribution < -0.4 is 15.4 Å². The van der Waals surface area contributed by atoms with Gasteiger partial charge in [0.05, 0.1) is 16.6 Å². The summed E-state index contributed by atoms with van der Waals surface area (Å²) in [7, 11) is 0. The van der Waals surface area contributed by atoms with Crippen molar-refractivity contribution in [2.45, 2.75) is 38.3 Å². The molecule has 0 radical (unpaired) electrons. The van der Waals surface area contributed by atoms with E-state index < -0.39 is 11.4 Å². The number of nitrogens with one attached hydrogen (secondary N) is 2. The van der Waals surface area contributed by atoms with Gasteiger partial charge in [-0.3, -0.25) is 9.59 Å². The molecule has 1 aliphatic heterocycles. The van der Waals surface area contributed by atoms with Gasteiger partial charge in [-0.15, -0.1) is 0 Å². The molecule has 0 saturated carbocycles. The normalized spacial score (nSPS) is 20.2. The van der Waals surface area contributed by atoms with E-state index in [1.165, 1.54) is 12.1 Å². The minimum atomic E-state index is -0.515. The molecular formula is C15H18ClFN2O3. The molecule has 1 aromatic carbocycles. The van der Waals surface area contributed by atoms with Gasteiger partial charge in [-0.05, 0) is 38.5 Å². The highest BCUT2D eigenvalue weighted by molar-refractivity contribution is 6.32. The lowest BCUT2D eigenvalue weighted by Gasteiger charge is -2.39. The Morgan fingerprint density at radius 2 is 2.27 bits per heavy atom. The van der Waals surface area contributed by atoms with Crippen LogP contribution in [0.5, 0.6) is 5.75 Å². The zero-order valence-electron chi connectivity index (χ0n) is 12.4. The smallest absolute Gasteiger partial charge is 0.258 e. The highest BCUT2D eigenvalue weighted by atomic mass is 35.5. The number of carbonyl (C=O) groups is 2. The van der Waals surface area contributed by atoms with E-state index in [1.807, 2.05) is 13.8 Å². The van der Waals surface area contributed by atoms with Gasteiger partial charge in [-0.2, -0.15) is 0 Å². The molecule has 22 heavy (non-hydrogen) atoms. The minimum absolute atomic E-state index is 0.0233. The van der Waals surface area contributed by atoms with Crippen molar-refractivity contribution in [3.63, 3.8) is 0 Å². The largest absolute Gasteiger partial charge is 0.482 e. The van der Waals surface area contributed by atoms with Crippen LogP contribution in [-0.2, 0) is 9.59 Å². The third-order valence-electron chi connectivity index (χ3n) is 3.58. The van der Waals surface area contributed by atoms with E-state index in [4.69, 9.17) is 16.3 Å². The third kappa shape index (κ3) is 4.10. The molecule has 1 fully saturated rings. The summed E-state index contributed by atoms with van der Waals surface area (Å²) < 4.78 is 18.2. The molecule has 1 saturated heterocycles. The summed E-state index contributed by atoms with van der Waals surface area (Å²) in [5, 5.41) is 5.79. The molecule has 2 N–H and O–H groups in total. The van der Waals surface area contributed by atoms with Crippen LogP contribution in [0.15, 0.2) is 18.2 Å². The van der Waals surface area contributed by atoms with E-state index in [0.717, 1.165) is 6.07 Å². The average molecular weight is 329 g/mol. The van der Waals surface area contributed by atoms with Crippen LogP contribution in [0.4, 0.5) is 4.39 Å². The van der Waals surface area contributed by atoms with Crippen molar-refractivity contribution in [3.05, 3.63) is 29.0 Å². The second-order valence-electron chi connectivity index (χ2n) is 5.79. The van der Waals surface area contributed by atoms with Crippen molar-refractivity contribution >= 4 is 23.4 Å². The second kappa shape index (κ2) is 6.52. The Kier molecular flexibility index (Phi) is 4.90. The van der Waals surface area contributed by atoms with Gasteiger partial charge in [0, 0.05) is 6.42 Å².